The fraction of sp³-hybridized carbons (Fsp3) is 0.423. The van der Waals surface area contributed by atoms with Gasteiger partial charge >= 0.3 is 5.97 Å². The van der Waals surface area contributed by atoms with E-state index in [2.05, 4.69) is 4.98 Å². The number of carboxylic acids is 1. The van der Waals surface area contributed by atoms with Crippen LogP contribution < -0.4 is 4.74 Å². The number of aliphatic carboxylic acids is 1. The van der Waals surface area contributed by atoms with E-state index in [0.29, 0.717) is 32.4 Å². The number of ether oxygens (including phenoxy) is 1. The number of benzene rings is 1. The number of carboxylic acid groups (broad SMARTS) is 1. The minimum Gasteiger partial charge on any atom is -0.489 e. The molecule has 2 heterocycles. The van der Waals surface area contributed by atoms with Crippen LogP contribution in [0.15, 0.2) is 60.9 Å². The van der Waals surface area contributed by atoms with Gasteiger partial charge in [-0.3, -0.25) is 14.6 Å². The third kappa shape index (κ3) is 8.83. The Labute approximate surface area is 204 Å². The van der Waals surface area contributed by atoms with Crippen LogP contribution >= 0.6 is 11.8 Å². The predicted octanol–water partition coefficient (Wildman–Crippen LogP) is 3.71. The van der Waals surface area contributed by atoms with Crippen LogP contribution in [0.1, 0.15) is 36.8 Å². The summed E-state index contributed by atoms with van der Waals surface area (Å²) in [6, 6.07) is 11.5. The van der Waals surface area contributed by atoms with Crippen molar-refractivity contribution in [2.24, 2.45) is 0 Å². The van der Waals surface area contributed by atoms with Crippen LogP contribution in [0.2, 0.25) is 0 Å². The van der Waals surface area contributed by atoms with Crippen molar-refractivity contribution in [3.8, 4) is 5.75 Å². The molecule has 0 aliphatic carbocycles. The van der Waals surface area contributed by atoms with E-state index < -0.39 is 12.1 Å². The molecule has 3 rings (SSSR count). The zero-order chi connectivity index (χ0) is 24.2. The molecule has 2 atom stereocenters. The van der Waals surface area contributed by atoms with Crippen LogP contribution in [0.5, 0.6) is 5.75 Å². The summed E-state index contributed by atoms with van der Waals surface area (Å²) in [5, 5.41) is 19.2. The Morgan fingerprint density at radius 3 is 2.85 bits per heavy atom. The molecule has 1 aromatic carbocycles. The number of likely N-dealkylation sites (tertiary alicyclic amines) is 1. The van der Waals surface area contributed by atoms with Crippen molar-refractivity contribution in [1.29, 1.82) is 0 Å². The molecule has 2 aromatic rings. The molecule has 1 aliphatic heterocycles. The summed E-state index contributed by atoms with van der Waals surface area (Å²) in [6.45, 7) is 1.09. The second kappa shape index (κ2) is 13.8. The first-order chi connectivity index (χ1) is 16.5. The highest BCUT2D eigenvalue weighted by Gasteiger charge is 2.28. The first-order valence-electron chi connectivity index (χ1n) is 11.6. The maximum absolute atomic E-state index is 12.3. The minimum absolute atomic E-state index is 0.00296. The molecular formula is C26H32N2O5S. The minimum atomic E-state index is -0.775. The summed E-state index contributed by atoms with van der Waals surface area (Å²) >= 11 is 1.67. The normalized spacial score (nSPS) is 16.8. The molecule has 8 heteroatoms. The molecule has 0 radical (unpaired) electrons. The van der Waals surface area contributed by atoms with Crippen LogP contribution in [-0.2, 0) is 22.6 Å². The van der Waals surface area contributed by atoms with E-state index >= 15 is 0 Å². The van der Waals surface area contributed by atoms with Crippen molar-refractivity contribution >= 4 is 23.6 Å². The quantitative estimate of drug-likeness (QED) is 0.311. The van der Waals surface area contributed by atoms with Gasteiger partial charge in [0.25, 0.3) is 0 Å². The Morgan fingerprint density at radius 2 is 2.06 bits per heavy atom. The Bertz CT molecular complexity index is 953. The van der Waals surface area contributed by atoms with Gasteiger partial charge in [-0.25, -0.2) is 0 Å². The van der Waals surface area contributed by atoms with Crippen LogP contribution in [0.4, 0.5) is 0 Å². The van der Waals surface area contributed by atoms with Gasteiger partial charge in [-0.2, -0.15) is 11.8 Å². The van der Waals surface area contributed by atoms with E-state index in [1.807, 2.05) is 47.4 Å². The maximum atomic E-state index is 12.3. The highest BCUT2D eigenvalue weighted by atomic mass is 32.2. The maximum Gasteiger partial charge on any atom is 0.303 e. The van der Waals surface area contributed by atoms with E-state index in [1.54, 1.807) is 30.2 Å². The average Bonchev–Trinajstić information content (AvgIpc) is 3.18. The van der Waals surface area contributed by atoms with Gasteiger partial charge in [-0.15, -0.1) is 0 Å². The number of amides is 1. The second-order valence-electron chi connectivity index (χ2n) is 8.25. The Morgan fingerprint density at radius 1 is 1.24 bits per heavy atom. The number of aromatic nitrogens is 1. The van der Waals surface area contributed by atoms with E-state index in [-0.39, 0.29) is 18.4 Å². The van der Waals surface area contributed by atoms with E-state index in [1.165, 1.54) is 0 Å². The molecule has 1 aromatic heterocycles. The largest absolute Gasteiger partial charge is 0.489 e. The lowest BCUT2D eigenvalue weighted by Crippen LogP contribution is -2.34. The van der Waals surface area contributed by atoms with Gasteiger partial charge in [-0.05, 0) is 54.0 Å². The molecule has 34 heavy (non-hydrogen) atoms. The van der Waals surface area contributed by atoms with Crippen molar-refractivity contribution in [3.63, 3.8) is 0 Å². The van der Waals surface area contributed by atoms with Crippen molar-refractivity contribution in [2.75, 3.05) is 18.1 Å². The molecule has 1 amide bonds. The number of hydrogen-bond donors (Lipinski definition) is 2. The number of nitrogens with zero attached hydrogens (tertiary/aromatic N) is 2. The van der Waals surface area contributed by atoms with Crippen LogP contribution in [0.3, 0.4) is 0 Å². The van der Waals surface area contributed by atoms with Gasteiger partial charge in [0.2, 0.25) is 5.91 Å². The van der Waals surface area contributed by atoms with Gasteiger partial charge in [0, 0.05) is 44.0 Å². The molecular weight excluding hydrogens is 452 g/mol. The summed E-state index contributed by atoms with van der Waals surface area (Å²) in [5.74, 6) is 1.67. The third-order valence-corrected chi connectivity index (χ3v) is 6.63. The number of hydrogen-bond acceptors (Lipinski definition) is 6. The Kier molecular flexibility index (Phi) is 10.4. The smallest absolute Gasteiger partial charge is 0.303 e. The monoisotopic (exact) mass is 484 g/mol. The fourth-order valence-electron chi connectivity index (χ4n) is 3.81. The fourth-order valence-corrected chi connectivity index (χ4v) is 4.69. The van der Waals surface area contributed by atoms with Crippen molar-refractivity contribution in [2.45, 2.75) is 50.9 Å². The highest BCUT2D eigenvalue weighted by Crippen LogP contribution is 2.22. The molecule has 0 bridgehead atoms. The predicted molar refractivity (Wildman–Crippen MR) is 133 cm³/mol. The molecule has 0 unspecified atom stereocenters. The number of thioether (sulfide) groups is 1. The van der Waals surface area contributed by atoms with Crippen LogP contribution in [0.25, 0.3) is 0 Å². The number of aliphatic hydroxyl groups excluding tert-OH is 1. The first-order valence-corrected chi connectivity index (χ1v) is 12.7. The number of aliphatic hydroxyl groups is 1. The third-order valence-electron chi connectivity index (χ3n) is 5.58. The topological polar surface area (TPSA) is 100.0 Å². The lowest BCUT2D eigenvalue weighted by atomic mass is 10.1. The SMILES string of the molecule is O=C(O)CCCSCCN1C(=O)CC[C@@H]1/C=C/[C@@H](O)Cc1cccc(OCc2ccncc2)c1. The summed E-state index contributed by atoms with van der Waals surface area (Å²) in [4.78, 5) is 28.7. The number of carbonyl (C=O) groups is 2. The zero-order valence-electron chi connectivity index (χ0n) is 19.2. The summed E-state index contributed by atoms with van der Waals surface area (Å²) in [6.07, 6.45) is 9.08. The number of carbonyl (C=O) groups excluding carboxylic acids is 1. The van der Waals surface area contributed by atoms with E-state index in [4.69, 9.17) is 9.84 Å². The Hall–Kier alpha value is -2.84. The van der Waals surface area contributed by atoms with Crippen LogP contribution in [-0.4, -0.2) is 62.2 Å². The number of rotatable bonds is 14. The zero-order valence-corrected chi connectivity index (χ0v) is 20.0. The van der Waals surface area contributed by atoms with Gasteiger partial charge in [0.1, 0.15) is 12.4 Å². The van der Waals surface area contributed by atoms with Crippen molar-refractivity contribution < 1.29 is 24.5 Å². The summed E-state index contributed by atoms with van der Waals surface area (Å²) in [5.41, 5.74) is 2.01. The summed E-state index contributed by atoms with van der Waals surface area (Å²) in [7, 11) is 0. The Balaban J connectivity index is 1.44. The van der Waals surface area contributed by atoms with E-state index in [9.17, 15) is 14.7 Å². The molecule has 7 nitrogen and oxygen atoms in total. The molecule has 0 saturated carbocycles. The van der Waals surface area contributed by atoms with Gasteiger partial charge in [-0.1, -0.05) is 24.3 Å². The standard InChI is InChI=1S/C26H32N2O5S/c29-23(17-21-3-1-4-24(18-21)33-19-20-10-12-27-13-11-20)8-6-22-7-9-25(30)28(22)14-16-34-15-2-5-26(31)32/h1,3-4,6,8,10-13,18,22-23,29H,2,5,7,9,14-17,19H2,(H,31,32)/b8-6+/t22-,23+/m0/s1. The first kappa shape index (κ1) is 25.8. The molecule has 2 N–H and O–H groups in total. The molecule has 1 aliphatic rings. The van der Waals surface area contributed by atoms with Crippen molar-refractivity contribution in [1.82, 2.24) is 9.88 Å². The van der Waals surface area contributed by atoms with Gasteiger partial charge < -0.3 is 19.8 Å². The van der Waals surface area contributed by atoms with Crippen molar-refractivity contribution in [3.05, 3.63) is 72.1 Å². The molecule has 1 fully saturated rings. The highest BCUT2D eigenvalue weighted by molar-refractivity contribution is 7.99. The summed E-state index contributed by atoms with van der Waals surface area (Å²) < 4.78 is 5.85. The van der Waals surface area contributed by atoms with Crippen LogP contribution in [0, 0.1) is 0 Å². The average molecular weight is 485 g/mol. The molecule has 1 saturated heterocycles. The second-order valence-corrected chi connectivity index (χ2v) is 9.48. The van der Waals surface area contributed by atoms with E-state index in [0.717, 1.165) is 34.8 Å². The van der Waals surface area contributed by atoms with Gasteiger partial charge in [0.15, 0.2) is 0 Å². The molecule has 0 spiro atoms. The molecule has 182 valence electrons. The number of pyridine rings is 1. The lowest BCUT2D eigenvalue weighted by molar-refractivity contribution is -0.137. The van der Waals surface area contributed by atoms with Gasteiger partial charge in [0.05, 0.1) is 12.1 Å². The lowest BCUT2D eigenvalue weighted by Gasteiger charge is -2.22.